The number of halogens is 2. The standard InChI is InChI=1S/C19H21Cl2N3O3/c1-10-4-6-15(11(2)17(10)21)22-18(12(3)25)24-9-27-19(23-24)13-5-7-16(26)14(20)8-13/h4-8,12,18,22,25-26H,9H2,1-3H3/t12-,18-/m0/s1. The number of nitrogens with one attached hydrogen (secondary N) is 1. The van der Waals surface area contributed by atoms with Crippen LogP contribution in [0.15, 0.2) is 35.4 Å². The lowest BCUT2D eigenvalue weighted by Gasteiger charge is -2.29. The zero-order valence-corrected chi connectivity index (χ0v) is 16.7. The molecule has 144 valence electrons. The molecular formula is C19H21Cl2N3O3. The van der Waals surface area contributed by atoms with Crippen LogP contribution in [-0.4, -0.2) is 40.1 Å². The first-order valence-electron chi connectivity index (χ1n) is 8.45. The second-order valence-corrected chi connectivity index (χ2v) is 7.27. The van der Waals surface area contributed by atoms with Crippen molar-refractivity contribution in [3.8, 4) is 5.75 Å². The van der Waals surface area contributed by atoms with E-state index in [4.69, 9.17) is 27.9 Å². The van der Waals surface area contributed by atoms with E-state index in [1.807, 2.05) is 26.0 Å². The summed E-state index contributed by atoms with van der Waals surface area (Å²) in [6.45, 7) is 5.70. The van der Waals surface area contributed by atoms with Crippen molar-refractivity contribution in [3.05, 3.63) is 57.1 Å². The van der Waals surface area contributed by atoms with Gasteiger partial charge in [0, 0.05) is 16.3 Å². The zero-order chi connectivity index (χ0) is 19.7. The molecule has 0 aromatic heterocycles. The van der Waals surface area contributed by atoms with Crippen LogP contribution in [0.25, 0.3) is 0 Å². The highest BCUT2D eigenvalue weighted by molar-refractivity contribution is 6.32. The van der Waals surface area contributed by atoms with Gasteiger partial charge in [0.1, 0.15) is 11.9 Å². The highest BCUT2D eigenvalue weighted by atomic mass is 35.5. The smallest absolute Gasteiger partial charge is 0.240 e. The number of hydrogen-bond acceptors (Lipinski definition) is 6. The third-order valence-electron chi connectivity index (χ3n) is 4.41. The number of hydrazone groups is 1. The van der Waals surface area contributed by atoms with Crippen LogP contribution in [0.5, 0.6) is 5.75 Å². The van der Waals surface area contributed by atoms with Crippen molar-refractivity contribution < 1.29 is 14.9 Å². The average molecular weight is 410 g/mol. The van der Waals surface area contributed by atoms with E-state index in [9.17, 15) is 10.2 Å². The van der Waals surface area contributed by atoms with Crippen LogP contribution in [0.3, 0.4) is 0 Å². The van der Waals surface area contributed by atoms with Gasteiger partial charge in [-0.15, -0.1) is 5.10 Å². The topological polar surface area (TPSA) is 77.3 Å². The molecule has 3 rings (SSSR count). The fraction of sp³-hybridized carbons (Fsp3) is 0.316. The van der Waals surface area contributed by atoms with Crippen LogP contribution in [0.1, 0.15) is 23.6 Å². The maximum Gasteiger partial charge on any atom is 0.240 e. The molecule has 0 spiro atoms. The molecule has 0 saturated heterocycles. The maximum atomic E-state index is 10.3. The Kier molecular flexibility index (Phi) is 5.69. The summed E-state index contributed by atoms with van der Waals surface area (Å²) in [6, 6.07) is 8.57. The highest BCUT2D eigenvalue weighted by Gasteiger charge is 2.29. The van der Waals surface area contributed by atoms with Gasteiger partial charge >= 0.3 is 0 Å². The SMILES string of the molecule is Cc1ccc(N[C@H]([C@H](C)O)N2COC(c3ccc(O)c(Cl)c3)=N2)c(C)c1Cl. The van der Waals surface area contributed by atoms with Crippen LogP contribution in [0.4, 0.5) is 5.69 Å². The summed E-state index contributed by atoms with van der Waals surface area (Å²) in [5.74, 6) is 0.356. The maximum absolute atomic E-state index is 10.3. The summed E-state index contributed by atoms with van der Waals surface area (Å²) < 4.78 is 5.65. The van der Waals surface area contributed by atoms with E-state index in [2.05, 4.69) is 10.4 Å². The van der Waals surface area contributed by atoms with Gasteiger partial charge in [-0.2, -0.15) is 0 Å². The summed E-state index contributed by atoms with van der Waals surface area (Å²) in [5.41, 5.74) is 3.34. The van der Waals surface area contributed by atoms with Gasteiger partial charge in [-0.05, 0) is 56.2 Å². The number of anilines is 1. The Hall–Kier alpha value is -2.15. The number of aryl methyl sites for hydroxylation is 1. The number of benzene rings is 2. The van der Waals surface area contributed by atoms with Crippen molar-refractivity contribution in [1.82, 2.24) is 5.01 Å². The van der Waals surface area contributed by atoms with Gasteiger partial charge in [-0.3, -0.25) is 0 Å². The molecule has 3 N–H and O–H groups in total. The molecule has 1 aliphatic rings. The van der Waals surface area contributed by atoms with E-state index in [-0.39, 0.29) is 17.5 Å². The summed E-state index contributed by atoms with van der Waals surface area (Å²) in [5, 5.41) is 30.1. The van der Waals surface area contributed by atoms with E-state index >= 15 is 0 Å². The number of nitrogens with zero attached hydrogens (tertiary/aromatic N) is 2. The fourth-order valence-electron chi connectivity index (χ4n) is 2.81. The van der Waals surface area contributed by atoms with Gasteiger partial charge < -0.3 is 20.3 Å². The number of aliphatic hydroxyl groups is 1. The summed E-state index contributed by atoms with van der Waals surface area (Å²) in [7, 11) is 0. The molecule has 0 radical (unpaired) electrons. The Morgan fingerprint density at radius 3 is 2.63 bits per heavy atom. The minimum atomic E-state index is -0.736. The predicted molar refractivity (Wildman–Crippen MR) is 107 cm³/mol. The molecule has 0 aliphatic carbocycles. The molecule has 2 aromatic carbocycles. The average Bonchev–Trinajstić information content (AvgIpc) is 3.11. The number of phenolic OH excluding ortho intramolecular Hbond substituents is 1. The molecule has 0 bridgehead atoms. The first-order chi connectivity index (χ1) is 12.8. The van der Waals surface area contributed by atoms with E-state index < -0.39 is 12.3 Å². The summed E-state index contributed by atoms with van der Waals surface area (Å²) in [4.78, 5) is 0. The lowest BCUT2D eigenvalue weighted by molar-refractivity contribution is 0.0493. The first kappa shape index (κ1) is 19.6. The molecule has 0 amide bonds. The molecule has 0 saturated carbocycles. The molecule has 2 atom stereocenters. The monoisotopic (exact) mass is 409 g/mol. The van der Waals surface area contributed by atoms with Gasteiger partial charge in [0.25, 0.3) is 0 Å². The molecule has 2 aromatic rings. The molecule has 6 nitrogen and oxygen atoms in total. The van der Waals surface area contributed by atoms with Gasteiger partial charge in [0.05, 0.1) is 11.1 Å². The predicted octanol–water partition coefficient (Wildman–Crippen LogP) is 4.09. The molecule has 0 fully saturated rings. The molecule has 1 heterocycles. The van der Waals surface area contributed by atoms with Crippen molar-refractivity contribution >= 4 is 34.8 Å². The largest absolute Gasteiger partial charge is 0.506 e. The van der Waals surface area contributed by atoms with Crippen molar-refractivity contribution in [2.24, 2.45) is 5.10 Å². The summed E-state index contributed by atoms with van der Waals surface area (Å²) in [6.07, 6.45) is -1.26. The molecule has 1 aliphatic heterocycles. The number of aromatic hydroxyl groups is 1. The van der Waals surface area contributed by atoms with E-state index in [0.29, 0.717) is 16.5 Å². The van der Waals surface area contributed by atoms with Gasteiger partial charge in [0.15, 0.2) is 6.73 Å². The number of phenols is 1. The Morgan fingerprint density at radius 2 is 1.96 bits per heavy atom. The minimum Gasteiger partial charge on any atom is -0.506 e. The van der Waals surface area contributed by atoms with Gasteiger partial charge in [0.2, 0.25) is 5.90 Å². The van der Waals surface area contributed by atoms with E-state index in [1.165, 1.54) is 6.07 Å². The highest BCUT2D eigenvalue weighted by Crippen LogP contribution is 2.29. The molecule has 0 unspecified atom stereocenters. The van der Waals surface area contributed by atoms with Crippen LogP contribution in [0.2, 0.25) is 10.0 Å². The van der Waals surface area contributed by atoms with Crippen molar-refractivity contribution in [2.45, 2.75) is 33.0 Å². The normalized spacial score (nSPS) is 15.9. The Balaban J connectivity index is 1.85. The number of hydrogen-bond donors (Lipinski definition) is 3. The third-order valence-corrected chi connectivity index (χ3v) is 5.29. The van der Waals surface area contributed by atoms with Gasteiger partial charge in [-0.25, -0.2) is 5.01 Å². The number of ether oxygens (including phenoxy) is 1. The van der Waals surface area contributed by atoms with Crippen LogP contribution in [-0.2, 0) is 4.74 Å². The fourth-order valence-corrected chi connectivity index (χ4v) is 3.15. The molecule has 8 heteroatoms. The van der Waals surface area contributed by atoms with Crippen LogP contribution in [0, 0.1) is 13.8 Å². The number of rotatable bonds is 5. The van der Waals surface area contributed by atoms with Gasteiger partial charge in [-0.1, -0.05) is 29.3 Å². The molecular weight excluding hydrogens is 389 g/mol. The van der Waals surface area contributed by atoms with Crippen molar-refractivity contribution in [1.29, 1.82) is 0 Å². The van der Waals surface area contributed by atoms with E-state index in [1.54, 1.807) is 24.1 Å². The molecule has 27 heavy (non-hydrogen) atoms. The second kappa shape index (κ2) is 7.84. The van der Waals surface area contributed by atoms with Crippen LogP contribution < -0.4 is 5.32 Å². The van der Waals surface area contributed by atoms with E-state index in [0.717, 1.165) is 16.8 Å². The lowest BCUT2D eigenvalue weighted by atomic mass is 10.1. The quantitative estimate of drug-likeness (QED) is 0.692. The third kappa shape index (κ3) is 4.08. The summed E-state index contributed by atoms with van der Waals surface area (Å²) >= 11 is 12.3. The Labute approximate surface area is 168 Å². The van der Waals surface area contributed by atoms with Crippen LogP contribution >= 0.6 is 23.2 Å². The number of aliphatic hydroxyl groups excluding tert-OH is 1. The second-order valence-electron chi connectivity index (χ2n) is 6.48. The van der Waals surface area contributed by atoms with Crippen molar-refractivity contribution in [3.63, 3.8) is 0 Å². The Bertz CT molecular complexity index is 887. The minimum absolute atomic E-state index is 0.00822. The first-order valence-corrected chi connectivity index (χ1v) is 9.20. The lowest BCUT2D eigenvalue weighted by Crippen LogP contribution is -2.44. The van der Waals surface area contributed by atoms with Crippen molar-refractivity contribution in [2.75, 3.05) is 12.0 Å². The zero-order valence-electron chi connectivity index (χ0n) is 15.2. The Morgan fingerprint density at radius 1 is 1.22 bits per heavy atom.